The van der Waals surface area contributed by atoms with Crippen LogP contribution in [0.2, 0.25) is 0 Å². The van der Waals surface area contributed by atoms with Crippen LogP contribution in [0, 0.1) is 6.92 Å². The van der Waals surface area contributed by atoms with Crippen LogP contribution in [-0.4, -0.2) is 33.7 Å². The van der Waals surface area contributed by atoms with E-state index in [1.54, 1.807) is 24.3 Å². The van der Waals surface area contributed by atoms with E-state index in [1.807, 2.05) is 19.1 Å². The summed E-state index contributed by atoms with van der Waals surface area (Å²) in [6.45, 7) is 1.55. The summed E-state index contributed by atoms with van der Waals surface area (Å²) in [5, 5.41) is 4.14. The largest absolute Gasteiger partial charge is 0.497 e. The number of benzene rings is 2. The minimum absolute atomic E-state index is 0.0776. The molecule has 2 aromatic rings. The molecule has 0 aromatic heterocycles. The van der Waals surface area contributed by atoms with Gasteiger partial charge in [0.2, 0.25) is 0 Å². The number of anilines is 1. The Bertz CT molecular complexity index is 976. The van der Waals surface area contributed by atoms with Crippen molar-refractivity contribution in [2.75, 3.05) is 18.0 Å². The highest BCUT2D eigenvalue weighted by Gasteiger charge is 2.27. The fourth-order valence-electron chi connectivity index (χ4n) is 3.10. The minimum atomic E-state index is -3.96. The molecule has 0 atom stereocenters. The van der Waals surface area contributed by atoms with Gasteiger partial charge in [-0.2, -0.15) is 5.10 Å². The third-order valence-corrected chi connectivity index (χ3v) is 6.56. The molecule has 154 valence electrons. The summed E-state index contributed by atoms with van der Waals surface area (Å²) in [5.74, 6) is 0.0676. The van der Waals surface area contributed by atoms with Gasteiger partial charge in [0.25, 0.3) is 15.9 Å². The first-order chi connectivity index (χ1) is 13.9. The van der Waals surface area contributed by atoms with E-state index in [0.29, 0.717) is 11.4 Å². The monoisotopic (exact) mass is 415 g/mol. The average molecular weight is 416 g/mol. The number of carbonyl (C=O) groups excluding carboxylic acids is 1. The van der Waals surface area contributed by atoms with Gasteiger partial charge in [0.05, 0.1) is 17.7 Å². The SMILES string of the molecule is COc1ccc(S(=O)(=O)N(CC(=O)NN=C2CCCC2)c2ccc(C)cc2)cc1. The van der Waals surface area contributed by atoms with Crippen molar-refractivity contribution in [3.05, 3.63) is 54.1 Å². The van der Waals surface area contributed by atoms with Gasteiger partial charge in [-0.15, -0.1) is 0 Å². The lowest BCUT2D eigenvalue weighted by atomic mass is 10.2. The van der Waals surface area contributed by atoms with Gasteiger partial charge < -0.3 is 4.74 Å². The molecule has 2 aromatic carbocycles. The van der Waals surface area contributed by atoms with E-state index in [4.69, 9.17) is 4.74 Å². The van der Waals surface area contributed by atoms with Crippen LogP contribution in [0.4, 0.5) is 5.69 Å². The van der Waals surface area contributed by atoms with Gasteiger partial charge in [-0.1, -0.05) is 17.7 Å². The second-order valence-corrected chi connectivity index (χ2v) is 8.81. The molecule has 1 saturated carbocycles. The van der Waals surface area contributed by atoms with Crippen LogP contribution >= 0.6 is 0 Å². The number of aryl methyl sites for hydroxylation is 1. The van der Waals surface area contributed by atoms with E-state index >= 15 is 0 Å². The quantitative estimate of drug-likeness (QED) is 0.703. The molecule has 0 radical (unpaired) electrons. The van der Waals surface area contributed by atoms with Gasteiger partial charge in [0.15, 0.2) is 0 Å². The smallest absolute Gasteiger partial charge is 0.264 e. The molecule has 1 aliphatic carbocycles. The number of sulfonamides is 1. The highest BCUT2D eigenvalue weighted by atomic mass is 32.2. The molecule has 8 heteroatoms. The second kappa shape index (κ2) is 9.09. The Balaban J connectivity index is 1.88. The zero-order chi connectivity index (χ0) is 20.9. The Kier molecular flexibility index (Phi) is 6.53. The van der Waals surface area contributed by atoms with Gasteiger partial charge in [-0.3, -0.25) is 9.10 Å². The molecule has 1 fully saturated rings. The fourth-order valence-corrected chi connectivity index (χ4v) is 4.52. The molecule has 0 heterocycles. The number of carbonyl (C=O) groups is 1. The summed E-state index contributed by atoms with van der Waals surface area (Å²) in [5.41, 5.74) is 4.85. The summed E-state index contributed by atoms with van der Waals surface area (Å²) in [6, 6.07) is 13.1. The van der Waals surface area contributed by atoms with Gasteiger partial charge in [0, 0.05) is 5.71 Å². The zero-order valence-corrected chi connectivity index (χ0v) is 17.4. The maximum atomic E-state index is 13.3. The van der Waals surface area contributed by atoms with E-state index in [1.165, 1.54) is 19.2 Å². The molecule has 1 amide bonds. The van der Waals surface area contributed by atoms with Crippen LogP contribution in [-0.2, 0) is 14.8 Å². The fraction of sp³-hybridized carbons (Fsp3) is 0.333. The van der Waals surface area contributed by atoms with Crippen molar-refractivity contribution in [3.8, 4) is 5.75 Å². The van der Waals surface area contributed by atoms with Gasteiger partial charge in [-0.25, -0.2) is 13.8 Å². The average Bonchev–Trinajstić information content (AvgIpc) is 3.25. The molecule has 0 unspecified atom stereocenters. The lowest BCUT2D eigenvalue weighted by Crippen LogP contribution is -2.39. The van der Waals surface area contributed by atoms with E-state index in [0.717, 1.165) is 41.3 Å². The number of hydrazone groups is 1. The molecule has 29 heavy (non-hydrogen) atoms. The van der Waals surface area contributed by atoms with E-state index in [2.05, 4.69) is 10.5 Å². The summed E-state index contributed by atoms with van der Waals surface area (Å²) < 4.78 is 32.8. The molecular weight excluding hydrogens is 390 g/mol. The predicted molar refractivity (Wildman–Crippen MR) is 113 cm³/mol. The van der Waals surface area contributed by atoms with Crippen LogP contribution in [0.25, 0.3) is 0 Å². The van der Waals surface area contributed by atoms with E-state index in [9.17, 15) is 13.2 Å². The molecule has 0 saturated heterocycles. The molecule has 1 aliphatic rings. The minimum Gasteiger partial charge on any atom is -0.497 e. The number of rotatable bonds is 7. The highest BCUT2D eigenvalue weighted by Crippen LogP contribution is 2.25. The van der Waals surface area contributed by atoms with Crippen LogP contribution in [0.3, 0.4) is 0 Å². The van der Waals surface area contributed by atoms with Crippen LogP contribution in [0.15, 0.2) is 58.5 Å². The van der Waals surface area contributed by atoms with Crippen LogP contribution in [0.5, 0.6) is 5.75 Å². The lowest BCUT2D eigenvalue weighted by Gasteiger charge is -2.24. The summed E-state index contributed by atoms with van der Waals surface area (Å²) in [7, 11) is -2.44. The van der Waals surface area contributed by atoms with Crippen molar-refractivity contribution in [1.82, 2.24) is 5.43 Å². The molecule has 0 bridgehead atoms. The Morgan fingerprint density at radius 3 is 2.28 bits per heavy atom. The predicted octanol–water partition coefficient (Wildman–Crippen LogP) is 3.25. The molecular formula is C21H25N3O4S. The maximum Gasteiger partial charge on any atom is 0.264 e. The number of hydrogen-bond acceptors (Lipinski definition) is 5. The number of amides is 1. The zero-order valence-electron chi connectivity index (χ0n) is 16.6. The summed E-state index contributed by atoms with van der Waals surface area (Å²) >= 11 is 0. The number of hydrogen-bond donors (Lipinski definition) is 1. The number of ether oxygens (including phenoxy) is 1. The van der Waals surface area contributed by atoms with Crippen LogP contribution in [0.1, 0.15) is 31.2 Å². The highest BCUT2D eigenvalue weighted by molar-refractivity contribution is 7.92. The van der Waals surface area contributed by atoms with Gasteiger partial charge in [0.1, 0.15) is 12.3 Å². The first-order valence-electron chi connectivity index (χ1n) is 9.48. The first kappa shape index (κ1) is 20.9. The molecule has 7 nitrogen and oxygen atoms in total. The number of methoxy groups -OCH3 is 1. The molecule has 3 rings (SSSR count). The van der Waals surface area contributed by atoms with Crippen molar-refractivity contribution in [2.45, 2.75) is 37.5 Å². The van der Waals surface area contributed by atoms with Crippen molar-refractivity contribution >= 4 is 27.3 Å². The Labute approximate surface area is 171 Å². The Morgan fingerprint density at radius 2 is 1.69 bits per heavy atom. The summed E-state index contributed by atoms with van der Waals surface area (Å²) in [4.78, 5) is 12.6. The summed E-state index contributed by atoms with van der Waals surface area (Å²) in [6.07, 6.45) is 3.87. The molecule has 1 N–H and O–H groups in total. The van der Waals surface area contributed by atoms with Crippen molar-refractivity contribution < 1.29 is 17.9 Å². The number of nitrogens with zero attached hydrogens (tertiary/aromatic N) is 2. The molecule has 0 aliphatic heterocycles. The maximum absolute atomic E-state index is 13.3. The normalized spacial score (nSPS) is 13.8. The van der Waals surface area contributed by atoms with Gasteiger partial charge >= 0.3 is 0 Å². The third-order valence-electron chi connectivity index (χ3n) is 4.78. The van der Waals surface area contributed by atoms with Crippen molar-refractivity contribution in [1.29, 1.82) is 0 Å². The Morgan fingerprint density at radius 1 is 1.07 bits per heavy atom. The van der Waals surface area contributed by atoms with Gasteiger partial charge in [-0.05, 0) is 69.0 Å². The van der Waals surface area contributed by atoms with Crippen molar-refractivity contribution in [2.24, 2.45) is 5.10 Å². The van der Waals surface area contributed by atoms with Crippen molar-refractivity contribution in [3.63, 3.8) is 0 Å². The van der Waals surface area contributed by atoms with E-state index in [-0.39, 0.29) is 11.4 Å². The first-order valence-corrected chi connectivity index (χ1v) is 10.9. The second-order valence-electron chi connectivity index (χ2n) is 6.94. The third kappa shape index (κ3) is 5.14. The lowest BCUT2D eigenvalue weighted by molar-refractivity contribution is -0.119. The molecule has 0 spiro atoms. The van der Waals surface area contributed by atoms with Crippen LogP contribution < -0.4 is 14.5 Å². The van der Waals surface area contributed by atoms with E-state index < -0.39 is 15.9 Å². The standard InChI is InChI=1S/C21H25N3O4S/c1-16-7-9-18(10-8-16)24(15-21(25)23-22-17-5-3-4-6-17)29(26,27)20-13-11-19(28-2)12-14-20/h7-14H,3-6,15H2,1-2H3,(H,23,25). The number of nitrogens with one attached hydrogen (secondary N) is 1. The Hall–Kier alpha value is -2.87. The topological polar surface area (TPSA) is 88.1 Å².